The Bertz CT molecular complexity index is 585. The normalized spacial score (nSPS) is 11.0. The highest BCUT2D eigenvalue weighted by molar-refractivity contribution is 5.82. The van der Waals surface area contributed by atoms with Crippen molar-refractivity contribution >= 4 is 17.8 Å². The van der Waals surface area contributed by atoms with Crippen LogP contribution < -0.4 is 16.0 Å². The molecule has 7 nitrogen and oxygen atoms in total. The summed E-state index contributed by atoms with van der Waals surface area (Å²) in [6.07, 6.45) is 0.742. The third-order valence-electron chi connectivity index (χ3n) is 4.03. The summed E-state index contributed by atoms with van der Waals surface area (Å²) in [5.41, 5.74) is 1.08. The van der Waals surface area contributed by atoms with Gasteiger partial charge < -0.3 is 20.9 Å². The van der Waals surface area contributed by atoms with Gasteiger partial charge in [0.1, 0.15) is 0 Å². The Morgan fingerprint density at radius 1 is 0.963 bits per heavy atom. The van der Waals surface area contributed by atoms with Crippen molar-refractivity contribution in [3.8, 4) is 0 Å². The third-order valence-corrected chi connectivity index (χ3v) is 4.03. The zero-order chi connectivity index (χ0) is 19.9. The van der Waals surface area contributed by atoms with E-state index >= 15 is 0 Å². The Balaban J connectivity index is 2.32. The van der Waals surface area contributed by atoms with Crippen molar-refractivity contribution in [1.82, 2.24) is 20.9 Å². The molecular weight excluding hydrogens is 342 g/mol. The van der Waals surface area contributed by atoms with Gasteiger partial charge in [0.2, 0.25) is 11.8 Å². The number of nitrogens with zero attached hydrogens (tertiary/aromatic N) is 2. The van der Waals surface area contributed by atoms with Crippen LogP contribution in [0.1, 0.15) is 39.2 Å². The van der Waals surface area contributed by atoms with Gasteiger partial charge in [-0.2, -0.15) is 0 Å². The van der Waals surface area contributed by atoms with E-state index in [4.69, 9.17) is 0 Å². The summed E-state index contributed by atoms with van der Waals surface area (Å²) >= 11 is 0. The average Bonchev–Trinajstić information content (AvgIpc) is 2.68. The van der Waals surface area contributed by atoms with Gasteiger partial charge in [-0.1, -0.05) is 30.3 Å². The number of hydrogen-bond donors (Lipinski definition) is 3. The maximum Gasteiger partial charge on any atom is 0.224 e. The van der Waals surface area contributed by atoms with Crippen LogP contribution in [0.3, 0.4) is 0 Å². The Labute approximate surface area is 162 Å². The van der Waals surface area contributed by atoms with E-state index in [2.05, 4.69) is 20.9 Å². The maximum atomic E-state index is 12.0. The number of benzene rings is 1. The second-order valence-electron chi connectivity index (χ2n) is 6.02. The number of carbonyl (C=O) groups is 2. The first-order valence-corrected chi connectivity index (χ1v) is 9.71. The molecule has 1 rings (SSSR count). The van der Waals surface area contributed by atoms with Gasteiger partial charge >= 0.3 is 0 Å². The lowest BCUT2D eigenvalue weighted by Crippen LogP contribution is -2.39. The molecule has 0 aliphatic heterocycles. The lowest BCUT2D eigenvalue weighted by atomic mass is 10.2. The number of hydrogen-bond acceptors (Lipinski definition) is 3. The Hall–Kier alpha value is -2.57. The van der Waals surface area contributed by atoms with Crippen molar-refractivity contribution in [3.05, 3.63) is 35.9 Å². The SMILES string of the molecule is CCNC(=NCCC(=O)N(CC)CC)NCCC(=O)NCc1ccccc1. The third kappa shape index (κ3) is 9.63. The van der Waals surface area contributed by atoms with Crippen molar-refractivity contribution in [3.63, 3.8) is 0 Å². The molecule has 0 heterocycles. The van der Waals surface area contributed by atoms with Crippen LogP contribution in [0.4, 0.5) is 0 Å². The van der Waals surface area contributed by atoms with Crippen LogP contribution >= 0.6 is 0 Å². The molecule has 1 aromatic carbocycles. The number of nitrogens with one attached hydrogen (secondary N) is 3. The minimum Gasteiger partial charge on any atom is -0.357 e. The molecule has 0 saturated heterocycles. The highest BCUT2D eigenvalue weighted by Crippen LogP contribution is 1.97. The molecular formula is C20H33N5O2. The second kappa shape index (κ2) is 13.6. The fourth-order valence-corrected chi connectivity index (χ4v) is 2.52. The minimum absolute atomic E-state index is 0.0149. The van der Waals surface area contributed by atoms with E-state index in [9.17, 15) is 9.59 Å². The zero-order valence-corrected chi connectivity index (χ0v) is 16.8. The molecule has 0 aliphatic carbocycles. The number of aliphatic imine (C=N–C) groups is 1. The molecule has 7 heteroatoms. The van der Waals surface area contributed by atoms with Crippen LogP contribution in [0, 0.1) is 0 Å². The topological polar surface area (TPSA) is 85.8 Å². The molecule has 0 aliphatic rings. The first kappa shape index (κ1) is 22.5. The van der Waals surface area contributed by atoms with E-state index in [1.165, 1.54) is 0 Å². The summed E-state index contributed by atoms with van der Waals surface area (Å²) in [5.74, 6) is 0.722. The van der Waals surface area contributed by atoms with E-state index in [-0.39, 0.29) is 11.8 Å². The first-order valence-electron chi connectivity index (χ1n) is 9.71. The fraction of sp³-hybridized carbons (Fsp3) is 0.550. The second-order valence-corrected chi connectivity index (χ2v) is 6.02. The van der Waals surface area contributed by atoms with Crippen molar-refractivity contribution in [2.45, 2.75) is 40.2 Å². The largest absolute Gasteiger partial charge is 0.357 e. The highest BCUT2D eigenvalue weighted by Gasteiger charge is 2.08. The Morgan fingerprint density at radius 3 is 2.30 bits per heavy atom. The molecule has 0 bridgehead atoms. The first-order chi connectivity index (χ1) is 13.1. The monoisotopic (exact) mass is 375 g/mol. The van der Waals surface area contributed by atoms with E-state index in [1.807, 2.05) is 51.1 Å². The molecule has 3 N–H and O–H groups in total. The van der Waals surface area contributed by atoms with Crippen molar-refractivity contribution in [2.75, 3.05) is 32.7 Å². The van der Waals surface area contributed by atoms with Crippen LogP contribution in [0.15, 0.2) is 35.3 Å². The van der Waals surface area contributed by atoms with Crippen LogP contribution in [0.5, 0.6) is 0 Å². The predicted octanol–water partition coefficient (Wildman–Crippen LogP) is 1.51. The fourth-order valence-electron chi connectivity index (χ4n) is 2.52. The summed E-state index contributed by atoms with van der Waals surface area (Å²) < 4.78 is 0. The summed E-state index contributed by atoms with van der Waals surface area (Å²) in [4.78, 5) is 30.1. The van der Waals surface area contributed by atoms with Gasteiger partial charge in [-0.25, -0.2) is 0 Å². The van der Waals surface area contributed by atoms with Gasteiger partial charge in [-0.15, -0.1) is 0 Å². The summed E-state index contributed by atoms with van der Waals surface area (Å²) in [5, 5.41) is 9.16. The van der Waals surface area contributed by atoms with Crippen LogP contribution in [0.2, 0.25) is 0 Å². The quantitative estimate of drug-likeness (QED) is 0.404. The van der Waals surface area contributed by atoms with Gasteiger partial charge in [0.15, 0.2) is 5.96 Å². The van der Waals surface area contributed by atoms with Gasteiger partial charge in [0, 0.05) is 45.6 Å². The lowest BCUT2D eigenvalue weighted by Gasteiger charge is -2.18. The Morgan fingerprint density at radius 2 is 1.67 bits per heavy atom. The van der Waals surface area contributed by atoms with Gasteiger partial charge in [-0.3, -0.25) is 14.6 Å². The average molecular weight is 376 g/mol. The minimum atomic E-state index is -0.0149. The van der Waals surface area contributed by atoms with E-state index in [0.717, 1.165) is 25.2 Å². The van der Waals surface area contributed by atoms with E-state index in [0.29, 0.717) is 38.4 Å². The Kier molecular flexibility index (Phi) is 11.3. The molecule has 1 aromatic rings. The molecule has 0 radical (unpaired) electrons. The summed E-state index contributed by atoms with van der Waals surface area (Å²) in [7, 11) is 0. The molecule has 0 unspecified atom stereocenters. The van der Waals surface area contributed by atoms with Crippen molar-refractivity contribution in [1.29, 1.82) is 0 Å². The summed E-state index contributed by atoms with van der Waals surface area (Å²) in [6.45, 7) is 9.51. The number of amides is 2. The smallest absolute Gasteiger partial charge is 0.224 e. The van der Waals surface area contributed by atoms with Gasteiger partial charge in [0.25, 0.3) is 0 Å². The highest BCUT2D eigenvalue weighted by atomic mass is 16.2. The lowest BCUT2D eigenvalue weighted by molar-refractivity contribution is -0.130. The van der Waals surface area contributed by atoms with E-state index < -0.39 is 0 Å². The molecule has 0 saturated carbocycles. The molecule has 0 atom stereocenters. The van der Waals surface area contributed by atoms with Gasteiger partial charge in [-0.05, 0) is 26.3 Å². The molecule has 150 valence electrons. The van der Waals surface area contributed by atoms with Crippen LogP contribution in [0.25, 0.3) is 0 Å². The standard InChI is InChI=1S/C20H33N5O2/c1-4-21-20(23-15-13-19(27)25(5-2)6-3)22-14-12-18(26)24-16-17-10-8-7-9-11-17/h7-11H,4-6,12-16H2,1-3H3,(H,24,26)(H2,21,22,23). The van der Waals surface area contributed by atoms with Crippen LogP contribution in [-0.4, -0.2) is 55.4 Å². The maximum absolute atomic E-state index is 12.0. The molecule has 2 amide bonds. The van der Waals surface area contributed by atoms with Crippen molar-refractivity contribution < 1.29 is 9.59 Å². The molecule has 0 spiro atoms. The zero-order valence-electron chi connectivity index (χ0n) is 16.8. The molecule has 0 fully saturated rings. The van der Waals surface area contributed by atoms with Crippen LogP contribution in [-0.2, 0) is 16.1 Å². The summed E-state index contributed by atoms with van der Waals surface area (Å²) in [6, 6.07) is 9.81. The van der Waals surface area contributed by atoms with Crippen molar-refractivity contribution in [2.24, 2.45) is 4.99 Å². The number of rotatable bonds is 11. The number of carbonyl (C=O) groups excluding carboxylic acids is 2. The molecule has 27 heavy (non-hydrogen) atoms. The van der Waals surface area contributed by atoms with Gasteiger partial charge in [0.05, 0.1) is 6.54 Å². The number of guanidine groups is 1. The van der Waals surface area contributed by atoms with E-state index in [1.54, 1.807) is 4.90 Å². The predicted molar refractivity (Wildman–Crippen MR) is 109 cm³/mol. The molecule has 0 aromatic heterocycles.